The number of rotatable bonds is 4. The van der Waals surface area contributed by atoms with Gasteiger partial charge in [0, 0.05) is 0 Å². The van der Waals surface area contributed by atoms with E-state index >= 15 is 0 Å². The normalized spacial score (nSPS) is 20.7. The van der Waals surface area contributed by atoms with Crippen LogP contribution < -0.4 is 4.74 Å². The smallest absolute Gasteiger partial charge is 0.359 e. The quantitative estimate of drug-likeness (QED) is 0.897. The highest BCUT2D eigenvalue weighted by atomic mass is 16.5. The van der Waals surface area contributed by atoms with E-state index in [0.717, 1.165) is 25.7 Å². The van der Waals surface area contributed by atoms with Crippen molar-refractivity contribution in [2.45, 2.75) is 37.7 Å². The SMILES string of the molecule is N#Cc1ccc([C@H]2CC[C@@H](Oc3nn[nH]c3C(=O)O)CC2)cc1. The molecule has 23 heavy (non-hydrogen) atoms. The molecular formula is C16H16N4O3. The van der Waals surface area contributed by atoms with Gasteiger partial charge in [-0.05, 0) is 49.3 Å². The van der Waals surface area contributed by atoms with Crippen LogP contribution in [0.4, 0.5) is 0 Å². The Morgan fingerprint density at radius 3 is 2.57 bits per heavy atom. The number of hydrogen-bond donors (Lipinski definition) is 2. The van der Waals surface area contributed by atoms with Gasteiger partial charge >= 0.3 is 5.97 Å². The third-order valence-electron chi connectivity index (χ3n) is 4.19. The summed E-state index contributed by atoms with van der Waals surface area (Å²) in [7, 11) is 0. The average molecular weight is 312 g/mol. The molecule has 118 valence electrons. The molecule has 1 heterocycles. The largest absolute Gasteiger partial charge is 0.476 e. The summed E-state index contributed by atoms with van der Waals surface area (Å²) in [6.45, 7) is 0. The molecule has 0 atom stereocenters. The van der Waals surface area contributed by atoms with E-state index in [9.17, 15) is 4.79 Å². The van der Waals surface area contributed by atoms with Gasteiger partial charge < -0.3 is 9.84 Å². The second-order valence-electron chi connectivity index (χ2n) is 5.62. The predicted octanol–water partition coefficient (Wildman–Crippen LogP) is 2.48. The van der Waals surface area contributed by atoms with Crippen LogP contribution in [0.2, 0.25) is 0 Å². The van der Waals surface area contributed by atoms with Crippen LogP contribution in [-0.2, 0) is 0 Å². The topological polar surface area (TPSA) is 112 Å². The molecule has 0 spiro atoms. The van der Waals surface area contributed by atoms with Gasteiger partial charge in [0.1, 0.15) is 6.10 Å². The number of carbonyl (C=O) groups is 1. The fourth-order valence-electron chi connectivity index (χ4n) is 2.94. The number of benzene rings is 1. The minimum absolute atomic E-state index is 0.0483. The highest BCUT2D eigenvalue weighted by molar-refractivity contribution is 5.87. The second kappa shape index (κ2) is 6.48. The highest BCUT2D eigenvalue weighted by Crippen LogP contribution is 2.34. The summed E-state index contributed by atoms with van der Waals surface area (Å²) in [6.07, 6.45) is 3.52. The molecule has 2 N–H and O–H groups in total. The molecule has 1 aromatic heterocycles. The maximum Gasteiger partial charge on any atom is 0.359 e. The third-order valence-corrected chi connectivity index (χ3v) is 4.19. The van der Waals surface area contributed by atoms with Crippen molar-refractivity contribution in [2.75, 3.05) is 0 Å². The van der Waals surface area contributed by atoms with Gasteiger partial charge in [0.25, 0.3) is 5.88 Å². The van der Waals surface area contributed by atoms with E-state index in [-0.39, 0.29) is 17.7 Å². The average Bonchev–Trinajstić information content (AvgIpc) is 3.04. The Balaban J connectivity index is 1.59. The number of nitriles is 1. The minimum Gasteiger partial charge on any atom is -0.476 e. The van der Waals surface area contributed by atoms with Crippen LogP contribution in [0, 0.1) is 11.3 Å². The lowest BCUT2D eigenvalue weighted by Crippen LogP contribution is -2.24. The Morgan fingerprint density at radius 1 is 1.26 bits per heavy atom. The van der Waals surface area contributed by atoms with Crippen LogP contribution in [0.3, 0.4) is 0 Å². The maximum absolute atomic E-state index is 11.0. The molecule has 1 fully saturated rings. The first-order valence-corrected chi connectivity index (χ1v) is 7.48. The number of aromatic nitrogens is 3. The van der Waals surface area contributed by atoms with Crippen LogP contribution in [0.5, 0.6) is 5.88 Å². The molecule has 0 amide bonds. The lowest BCUT2D eigenvalue weighted by Gasteiger charge is -2.28. The Hall–Kier alpha value is -2.88. The van der Waals surface area contributed by atoms with Crippen molar-refractivity contribution in [1.82, 2.24) is 15.4 Å². The molecule has 1 saturated carbocycles. The number of aromatic amines is 1. The van der Waals surface area contributed by atoms with E-state index in [1.807, 2.05) is 24.3 Å². The van der Waals surface area contributed by atoms with E-state index in [0.29, 0.717) is 11.5 Å². The van der Waals surface area contributed by atoms with E-state index in [4.69, 9.17) is 15.1 Å². The number of carboxylic acids is 1. The minimum atomic E-state index is -1.13. The molecule has 1 aliphatic rings. The first-order valence-electron chi connectivity index (χ1n) is 7.48. The molecule has 7 heteroatoms. The summed E-state index contributed by atoms with van der Waals surface area (Å²) in [6, 6.07) is 9.81. The fraction of sp³-hybridized carbons (Fsp3) is 0.375. The molecule has 2 aromatic rings. The zero-order chi connectivity index (χ0) is 16.2. The Morgan fingerprint density at radius 2 is 1.96 bits per heavy atom. The summed E-state index contributed by atoms with van der Waals surface area (Å²) in [5.41, 5.74) is 1.78. The molecule has 0 unspecified atom stereocenters. The molecule has 3 rings (SSSR count). The number of ether oxygens (including phenoxy) is 1. The molecule has 0 saturated heterocycles. The van der Waals surface area contributed by atoms with Gasteiger partial charge in [-0.15, -0.1) is 0 Å². The third kappa shape index (κ3) is 3.31. The number of aromatic carboxylic acids is 1. The number of carboxylic acid groups (broad SMARTS) is 1. The standard InChI is InChI=1S/C16H16N4O3/c17-9-10-1-3-11(4-2-10)12-5-7-13(8-6-12)23-15-14(16(21)22)18-20-19-15/h1-4,12-13H,5-8H2,(H,21,22)(H,18,19,20)/t12-,13+. The van der Waals surface area contributed by atoms with Crippen LogP contribution in [0.25, 0.3) is 0 Å². The summed E-state index contributed by atoms with van der Waals surface area (Å²) < 4.78 is 5.68. The molecule has 1 aliphatic carbocycles. The summed E-state index contributed by atoms with van der Waals surface area (Å²) in [5.74, 6) is -0.630. The van der Waals surface area contributed by atoms with Crippen molar-refractivity contribution in [2.24, 2.45) is 0 Å². The van der Waals surface area contributed by atoms with Gasteiger partial charge in [0.15, 0.2) is 0 Å². The van der Waals surface area contributed by atoms with Gasteiger partial charge in [-0.1, -0.05) is 22.4 Å². The highest BCUT2D eigenvalue weighted by Gasteiger charge is 2.26. The van der Waals surface area contributed by atoms with Crippen LogP contribution >= 0.6 is 0 Å². The van der Waals surface area contributed by atoms with Crippen molar-refractivity contribution in [1.29, 1.82) is 5.26 Å². The van der Waals surface area contributed by atoms with E-state index < -0.39 is 5.97 Å². The van der Waals surface area contributed by atoms with Gasteiger partial charge in [-0.2, -0.15) is 5.26 Å². The van der Waals surface area contributed by atoms with Crippen molar-refractivity contribution < 1.29 is 14.6 Å². The van der Waals surface area contributed by atoms with E-state index in [2.05, 4.69) is 21.5 Å². The Kier molecular flexibility index (Phi) is 4.24. The van der Waals surface area contributed by atoms with Gasteiger partial charge in [0.2, 0.25) is 5.69 Å². The molecule has 7 nitrogen and oxygen atoms in total. The van der Waals surface area contributed by atoms with Crippen LogP contribution in [0.15, 0.2) is 24.3 Å². The van der Waals surface area contributed by atoms with Crippen molar-refractivity contribution in [3.63, 3.8) is 0 Å². The lowest BCUT2D eigenvalue weighted by atomic mass is 9.82. The number of H-pyrrole nitrogens is 1. The molecule has 0 bridgehead atoms. The van der Waals surface area contributed by atoms with E-state index in [1.165, 1.54) is 5.56 Å². The monoisotopic (exact) mass is 312 g/mol. The molecule has 0 radical (unpaired) electrons. The van der Waals surface area contributed by atoms with Gasteiger partial charge in [0.05, 0.1) is 11.6 Å². The molecular weight excluding hydrogens is 296 g/mol. The van der Waals surface area contributed by atoms with Gasteiger partial charge in [-0.25, -0.2) is 9.89 Å². The van der Waals surface area contributed by atoms with Crippen molar-refractivity contribution in [3.8, 4) is 11.9 Å². The van der Waals surface area contributed by atoms with Crippen molar-refractivity contribution in [3.05, 3.63) is 41.1 Å². The number of nitrogens with one attached hydrogen (secondary N) is 1. The Bertz CT molecular complexity index is 725. The second-order valence-corrected chi connectivity index (χ2v) is 5.62. The number of hydrogen-bond acceptors (Lipinski definition) is 5. The van der Waals surface area contributed by atoms with E-state index in [1.54, 1.807) is 0 Å². The summed E-state index contributed by atoms with van der Waals surface area (Å²) in [4.78, 5) is 11.0. The molecule has 0 aliphatic heterocycles. The summed E-state index contributed by atoms with van der Waals surface area (Å²) in [5, 5.41) is 27.3. The Labute approximate surface area is 132 Å². The summed E-state index contributed by atoms with van der Waals surface area (Å²) >= 11 is 0. The van der Waals surface area contributed by atoms with Crippen LogP contribution in [-0.4, -0.2) is 32.6 Å². The van der Waals surface area contributed by atoms with Crippen LogP contribution in [0.1, 0.15) is 53.2 Å². The zero-order valence-electron chi connectivity index (χ0n) is 12.4. The van der Waals surface area contributed by atoms with Crippen molar-refractivity contribution >= 4 is 5.97 Å². The number of nitrogens with zero attached hydrogens (tertiary/aromatic N) is 3. The first kappa shape index (κ1) is 15.0. The molecule has 1 aromatic carbocycles. The maximum atomic E-state index is 11.0. The lowest BCUT2D eigenvalue weighted by molar-refractivity contribution is 0.0678. The fourth-order valence-corrected chi connectivity index (χ4v) is 2.94. The first-order chi connectivity index (χ1) is 11.2. The zero-order valence-corrected chi connectivity index (χ0v) is 12.4. The van der Waals surface area contributed by atoms with Gasteiger partial charge in [-0.3, -0.25) is 0 Å². The predicted molar refractivity (Wildman–Crippen MR) is 80.1 cm³/mol.